The maximum atomic E-state index is 13.3. The summed E-state index contributed by atoms with van der Waals surface area (Å²) >= 11 is 6.13. The van der Waals surface area contributed by atoms with Crippen LogP contribution in [0.5, 0.6) is 0 Å². The number of nitro benzene ring substituents is 1. The second-order valence-electron chi connectivity index (χ2n) is 6.92. The van der Waals surface area contributed by atoms with Gasteiger partial charge in [-0.2, -0.15) is 0 Å². The third-order valence-electron chi connectivity index (χ3n) is 5.04. The average Bonchev–Trinajstić information content (AvgIpc) is 2.73. The third kappa shape index (κ3) is 3.62. The van der Waals surface area contributed by atoms with E-state index in [1.165, 1.54) is 31.2 Å². The molecule has 0 saturated carbocycles. The van der Waals surface area contributed by atoms with Gasteiger partial charge in [-0.15, -0.1) is 0 Å². The van der Waals surface area contributed by atoms with Gasteiger partial charge in [-0.05, 0) is 37.3 Å². The van der Waals surface area contributed by atoms with Crippen LogP contribution in [0.25, 0.3) is 11.1 Å². The number of sulfonamides is 1. The molecular weight excluding hydrogens is 442 g/mol. The molecule has 0 radical (unpaired) electrons. The Balaban J connectivity index is 1.72. The number of rotatable bonds is 4. The number of amides is 1. The Hall–Kier alpha value is -3.43. The van der Waals surface area contributed by atoms with Crippen molar-refractivity contribution in [2.75, 3.05) is 16.2 Å². The lowest BCUT2D eigenvalue weighted by Crippen LogP contribution is -2.40. The number of hydrogen-bond donors (Lipinski definition) is 1. The van der Waals surface area contributed by atoms with Crippen LogP contribution in [0.2, 0.25) is 5.02 Å². The molecule has 31 heavy (non-hydrogen) atoms. The van der Waals surface area contributed by atoms with Gasteiger partial charge in [0.2, 0.25) is 5.91 Å². The standard InChI is InChI=1S/C21H16ClN3O5S/c1-13-17(6-4-7-18(13)25(27)28)23-21(26)12-24-19-10-9-14(22)11-16(19)15-5-2-3-8-20(15)31(24,29)30/h2-11H,12H2,1H3,(H,23,26). The van der Waals surface area contributed by atoms with E-state index in [-0.39, 0.29) is 21.8 Å². The maximum absolute atomic E-state index is 13.3. The average molecular weight is 458 g/mol. The smallest absolute Gasteiger partial charge is 0.274 e. The van der Waals surface area contributed by atoms with Crippen LogP contribution in [0.3, 0.4) is 0 Å². The molecule has 0 unspecified atom stereocenters. The topological polar surface area (TPSA) is 110 Å². The third-order valence-corrected chi connectivity index (χ3v) is 7.09. The van der Waals surface area contributed by atoms with Crippen molar-refractivity contribution in [1.29, 1.82) is 0 Å². The SMILES string of the molecule is Cc1c(NC(=O)CN2c3ccc(Cl)cc3-c3ccccc3S2(=O)=O)cccc1[N+](=O)[O-]. The number of nitrogens with zero attached hydrogens (tertiary/aromatic N) is 2. The van der Waals surface area contributed by atoms with E-state index in [4.69, 9.17) is 11.6 Å². The zero-order valence-corrected chi connectivity index (χ0v) is 17.8. The lowest BCUT2D eigenvalue weighted by molar-refractivity contribution is -0.385. The summed E-state index contributed by atoms with van der Waals surface area (Å²) in [7, 11) is -4.01. The van der Waals surface area contributed by atoms with Crippen molar-refractivity contribution in [3.8, 4) is 11.1 Å². The molecule has 1 aliphatic rings. The van der Waals surface area contributed by atoms with Crippen LogP contribution in [0.4, 0.5) is 17.1 Å². The molecule has 0 spiro atoms. The van der Waals surface area contributed by atoms with E-state index in [2.05, 4.69) is 5.32 Å². The van der Waals surface area contributed by atoms with Gasteiger partial charge in [-0.25, -0.2) is 8.42 Å². The van der Waals surface area contributed by atoms with Crippen LogP contribution < -0.4 is 9.62 Å². The van der Waals surface area contributed by atoms with Gasteiger partial charge >= 0.3 is 0 Å². The molecule has 0 bridgehead atoms. The van der Waals surface area contributed by atoms with Gasteiger partial charge in [0.15, 0.2) is 0 Å². The molecule has 158 valence electrons. The normalized spacial score (nSPS) is 13.8. The van der Waals surface area contributed by atoms with E-state index in [0.29, 0.717) is 21.8 Å². The number of benzene rings is 3. The number of hydrogen-bond acceptors (Lipinski definition) is 5. The Morgan fingerprint density at radius 1 is 1.10 bits per heavy atom. The summed E-state index contributed by atoms with van der Waals surface area (Å²) in [6.45, 7) is 1.01. The Kier molecular flexibility index (Phi) is 5.16. The van der Waals surface area contributed by atoms with Crippen LogP contribution >= 0.6 is 11.6 Å². The van der Waals surface area contributed by atoms with Gasteiger partial charge in [0.05, 0.1) is 26.8 Å². The van der Waals surface area contributed by atoms with Gasteiger partial charge in [0.1, 0.15) is 6.54 Å². The van der Waals surface area contributed by atoms with Crippen molar-refractivity contribution in [1.82, 2.24) is 0 Å². The maximum Gasteiger partial charge on any atom is 0.274 e. The number of nitrogens with one attached hydrogen (secondary N) is 1. The number of carbonyl (C=O) groups excluding carboxylic acids is 1. The van der Waals surface area contributed by atoms with Crippen LogP contribution in [0.15, 0.2) is 65.6 Å². The molecule has 4 rings (SSSR count). The zero-order chi connectivity index (χ0) is 22.3. The molecule has 1 N–H and O–H groups in total. The lowest BCUT2D eigenvalue weighted by Gasteiger charge is -2.31. The fourth-order valence-corrected chi connectivity index (χ4v) is 5.37. The van der Waals surface area contributed by atoms with Crippen molar-refractivity contribution in [2.24, 2.45) is 0 Å². The molecule has 8 nitrogen and oxygen atoms in total. The van der Waals surface area contributed by atoms with Gasteiger partial charge in [-0.1, -0.05) is 35.9 Å². The number of carbonyl (C=O) groups is 1. The summed E-state index contributed by atoms with van der Waals surface area (Å²) in [6.07, 6.45) is 0. The van der Waals surface area contributed by atoms with Crippen LogP contribution in [-0.4, -0.2) is 25.8 Å². The van der Waals surface area contributed by atoms with Crippen LogP contribution in [0.1, 0.15) is 5.56 Å². The molecule has 0 atom stereocenters. The highest BCUT2D eigenvalue weighted by atomic mass is 35.5. The largest absolute Gasteiger partial charge is 0.324 e. The Morgan fingerprint density at radius 3 is 2.58 bits per heavy atom. The summed E-state index contributed by atoms with van der Waals surface area (Å²) in [5, 5.41) is 14.2. The Labute approximate surface area is 183 Å². The Bertz CT molecular complexity index is 1340. The Morgan fingerprint density at radius 2 is 1.84 bits per heavy atom. The molecule has 10 heteroatoms. The highest BCUT2D eigenvalue weighted by Gasteiger charge is 2.36. The van der Waals surface area contributed by atoms with Crippen molar-refractivity contribution < 1.29 is 18.1 Å². The van der Waals surface area contributed by atoms with E-state index in [9.17, 15) is 23.3 Å². The van der Waals surface area contributed by atoms with Crippen molar-refractivity contribution in [2.45, 2.75) is 11.8 Å². The minimum atomic E-state index is -4.01. The first-order valence-electron chi connectivity index (χ1n) is 9.15. The quantitative estimate of drug-likeness (QED) is 0.462. The fraction of sp³-hybridized carbons (Fsp3) is 0.0952. The van der Waals surface area contributed by atoms with E-state index in [0.717, 1.165) is 4.31 Å². The summed E-state index contributed by atoms with van der Waals surface area (Å²) in [4.78, 5) is 23.4. The van der Waals surface area contributed by atoms with E-state index >= 15 is 0 Å². The molecule has 3 aromatic carbocycles. The molecule has 0 aromatic heterocycles. The summed E-state index contributed by atoms with van der Waals surface area (Å²) in [5.41, 5.74) is 1.81. The monoisotopic (exact) mass is 457 g/mol. The molecule has 0 fully saturated rings. The van der Waals surface area contributed by atoms with Gasteiger partial charge in [-0.3, -0.25) is 19.2 Å². The van der Waals surface area contributed by atoms with Gasteiger partial charge in [0, 0.05) is 22.2 Å². The van der Waals surface area contributed by atoms with Gasteiger partial charge < -0.3 is 5.32 Å². The summed E-state index contributed by atoms with van der Waals surface area (Å²) in [5.74, 6) is -0.632. The van der Waals surface area contributed by atoms with Gasteiger partial charge in [0.25, 0.3) is 15.7 Å². The fourth-order valence-electron chi connectivity index (χ4n) is 3.55. The van der Waals surface area contributed by atoms with E-state index < -0.39 is 27.4 Å². The number of halogens is 1. The second-order valence-corrected chi connectivity index (χ2v) is 9.19. The number of fused-ring (bicyclic) bond motifs is 3. The summed E-state index contributed by atoms with van der Waals surface area (Å²) < 4.78 is 27.6. The van der Waals surface area contributed by atoms with Crippen molar-refractivity contribution in [3.05, 3.63) is 81.4 Å². The second kappa shape index (κ2) is 7.68. The van der Waals surface area contributed by atoms with E-state index in [1.807, 2.05) is 0 Å². The van der Waals surface area contributed by atoms with E-state index in [1.54, 1.807) is 36.4 Å². The molecule has 3 aromatic rings. The minimum absolute atomic E-state index is 0.0732. The minimum Gasteiger partial charge on any atom is -0.324 e. The molecule has 1 aliphatic heterocycles. The first-order valence-corrected chi connectivity index (χ1v) is 11.0. The van der Waals surface area contributed by atoms with Crippen LogP contribution in [0, 0.1) is 17.0 Å². The zero-order valence-electron chi connectivity index (χ0n) is 16.2. The first-order chi connectivity index (χ1) is 14.7. The number of anilines is 2. The first kappa shape index (κ1) is 20.8. The predicted octanol–water partition coefficient (Wildman–Crippen LogP) is 4.37. The van der Waals surface area contributed by atoms with Crippen molar-refractivity contribution in [3.63, 3.8) is 0 Å². The van der Waals surface area contributed by atoms with Crippen molar-refractivity contribution >= 4 is 44.6 Å². The lowest BCUT2D eigenvalue weighted by atomic mass is 10.0. The number of nitro groups is 1. The highest BCUT2D eigenvalue weighted by Crippen LogP contribution is 2.43. The summed E-state index contributed by atoms with van der Waals surface area (Å²) in [6, 6.07) is 15.6. The highest BCUT2D eigenvalue weighted by molar-refractivity contribution is 7.93. The van der Waals surface area contributed by atoms with Crippen LogP contribution in [-0.2, 0) is 14.8 Å². The molecule has 0 saturated heterocycles. The molecule has 0 aliphatic carbocycles. The molecule has 1 amide bonds. The molecular formula is C21H16ClN3O5S. The predicted molar refractivity (Wildman–Crippen MR) is 118 cm³/mol. The molecule has 1 heterocycles.